The van der Waals surface area contributed by atoms with Crippen LogP contribution >= 0.6 is 0 Å². The van der Waals surface area contributed by atoms with E-state index in [-0.39, 0.29) is 11.5 Å². The Balaban J connectivity index is 2.62. The molecule has 0 aromatic rings. The van der Waals surface area contributed by atoms with Gasteiger partial charge in [-0.1, -0.05) is 20.8 Å². The van der Waals surface area contributed by atoms with Crippen LogP contribution in [0.1, 0.15) is 33.6 Å². The Hall–Kier alpha value is -0.500. The van der Waals surface area contributed by atoms with E-state index in [1.807, 2.05) is 0 Å². The van der Waals surface area contributed by atoms with Crippen LogP contribution in [0.3, 0.4) is 0 Å². The summed E-state index contributed by atoms with van der Waals surface area (Å²) in [7, 11) is 0. The first-order chi connectivity index (χ1) is 5.52. The van der Waals surface area contributed by atoms with Crippen molar-refractivity contribution in [1.29, 1.82) is 0 Å². The zero-order chi connectivity index (χ0) is 9.19. The molecule has 0 amide bonds. The molecule has 1 rings (SSSR count). The van der Waals surface area contributed by atoms with E-state index in [9.17, 15) is 0 Å². The Labute approximate surface area is 74.8 Å². The number of allylic oxidation sites excluding steroid dienone is 1. The fraction of sp³-hybridized carbons (Fsp3) is 0.800. The summed E-state index contributed by atoms with van der Waals surface area (Å²) < 4.78 is 5.50. The number of rotatable bonds is 1. The van der Waals surface area contributed by atoms with Crippen molar-refractivity contribution in [2.24, 2.45) is 11.1 Å². The van der Waals surface area contributed by atoms with Gasteiger partial charge in [0.15, 0.2) is 0 Å². The summed E-state index contributed by atoms with van der Waals surface area (Å²) in [6, 6.07) is 0.0396. The Morgan fingerprint density at radius 3 is 2.58 bits per heavy atom. The first kappa shape index (κ1) is 9.59. The summed E-state index contributed by atoms with van der Waals surface area (Å²) in [4.78, 5) is 0. The average molecular weight is 169 g/mol. The first-order valence-electron chi connectivity index (χ1n) is 4.60. The second-order valence-electron chi connectivity index (χ2n) is 4.44. The predicted octanol–water partition coefficient (Wildman–Crippen LogP) is 2.05. The van der Waals surface area contributed by atoms with E-state index in [1.54, 1.807) is 0 Å². The van der Waals surface area contributed by atoms with E-state index in [2.05, 4.69) is 26.8 Å². The lowest BCUT2D eigenvalue weighted by Crippen LogP contribution is -2.38. The normalized spacial score (nSPS) is 21.2. The molecule has 2 heteroatoms. The van der Waals surface area contributed by atoms with Gasteiger partial charge >= 0.3 is 0 Å². The lowest BCUT2D eigenvalue weighted by molar-refractivity contribution is 0.147. The van der Waals surface area contributed by atoms with E-state index in [1.165, 1.54) is 0 Å². The molecule has 0 aliphatic carbocycles. The molecule has 0 aromatic carbocycles. The third kappa shape index (κ3) is 2.24. The maximum absolute atomic E-state index is 6.03. The molecule has 70 valence electrons. The quantitative estimate of drug-likeness (QED) is 0.652. The van der Waals surface area contributed by atoms with Gasteiger partial charge < -0.3 is 10.5 Å². The predicted molar refractivity (Wildman–Crippen MR) is 50.7 cm³/mol. The summed E-state index contributed by atoms with van der Waals surface area (Å²) in [6.07, 6.45) is 4.36. The number of hydrogen-bond acceptors (Lipinski definition) is 2. The van der Waals surface area contributed by atoms with Crippen molar-refractivity contribution in [2.45, 2.75) is 39.7 Å². The van der Waals surface area contributed by atoms with Gasteiger partial charge in [-0.15, -0.1) is 0 Å². The van der Waals surface area contributed by atoms with Gasteiger partial charge in [0.25, 0.3) is 0 Å². The summed E-state index contributed by atoms with van der Waals surface area (Å²) in [5.74, 6) is 0.980. The maximum Gasteiger partial charge on any atom is 0.109 e. The summed E-state index contributed by atoms with van der Waals surface area (Å²) in [5, 5.41) is 0. The average Bonchev–Trinajstić information content (AvgIpc) is 2.03. The van der Waals surface area contributed by atoms with Crippen molar-refractivity contribution in [3.05, 3.63) is 11.8 Å². The molecule has 1 heterocycles. The SMILES string of the molecule is CC(C)(C)C(N)C1=CCCCO1. The van der Waals surface area contributed by atoms with Crippen LogP contribution in [0.25, 0.3) is 0 Å². The number of nitrogens with two attached hydrogens (primary N) is 1. The first-order valence-corrected chi connectivity index (χ1v) is 4.60. The Bertz CT molecular complexity index is 179. The van der Waals surface area contributed by atoms with Gasteiger partial charge in [-0.2, -0.15) is 0 Å². The van der Waals surface area contributed by atoms with Crippen molar-refractivity contribution in [3.63, 3.8) is 0 Å². The Kier molecular flexibility index (Phi) is 2.78. The molecule has 0 saturated heterocycles. The van der Waals surface area contributed by atoms with Crippen molar-refractivity contribution in [1.82, 2.24) is 0 Å². The van der Waals surface area contributed by atoms with Crippen LogP contribution < -0.4 is 5.73 Å². The fourth-order valence-electron chi connectivity index (χ4n) is 1.22. The minimum atomic E-state index is 0.0396. The molecule has 0 bridgehead atoms. The molecule has 1 aliphatic heterocycles. The third-order valence-corrected chi connectivity index (χ3v) is 2.20. The van der Waals surface area contributed by atoms with Gasteiger partial charge in [0.2, 0.25) is 0 Å². The van der Waals surface area contributed by atoms with Crippen LogP contribution in [0.5, 0.6) is 0 Å². The second kappa shape index (κ2) is 3.48. The second-order valence-corrected chi connectivity index (χ2v) is 4.44. The molecule has 0 fully saturated rings. The monoisotopic (exact) mass is 169 g/mol. The van der Waals surface area contributed by atoms with Crippen molar-refractivity contribution in [2.75, 3.05) is 6.61 Å². The smallest absolute Gasteiger partial charge is 0.109 e. The Morgan fingerprint density at radius 2 is 2.17 bits per heavy atom. The van der Waals surface area contributed by atoms with Crippen LogP contribution in [-0.4, -0.2) is 12.6 Å². The molecule has 0 saturated carbocycles. The molecule has 0 radical (unpaired) electrons. The van der Waals surface area contributed by atoms with E-state index < -0.39 is 0 Å². The fourth-order valence-corrected chi connectivity index (χ4v) is 1.22. The van der Waals surface area contributed by atoms with Gasteiger partial charge in [-0.05, 0) is 24.3 Å². The molecule has 2 N–H and O–H groups in total. The van der Waals surface area contributed by atoms with Gasteiger partial charge in [0, 0.05) is 0 Å². The highest BCUT2D eigenvalue weighted by molar-refractivity contribution is 5.08. The van der Waals surface area contributed by atoms with Crippen molar-refractivity contribution in [3.8, 4) is 0 Å². The summed E-state index contributed by atoms with van der Waals surface area (Å²) in [5.41, 5.74) is 6.13. The standard InChI is InChI=1S/C10H19NO/c1-10(2,3)9(11)8-6-4-5-7-12-8/h6,9H,4-5,7,11H2,1-3H3. The number of hydrogen-bond donors (Lipinski definition) is 1. The van der Waals surface area contributed by atoms with Crippen LogP contribution in [0.4, 0.5) is 0 Å². The highest BCUT2D eigenvalue weighted by Crippen LogP contribution is 2.25. The van der Waals surface area contributed by atoms with Gasteiger partial charge in [-0.25, -0.2) is 0 Å². The molecule has 12 heavy (non-hydrogen) atoms. The Morgan fingerprint density at radius 1 is 1.50 bits per heavy atom. The van der Waals surface area contributed by atoms with E-state index in [4.69, 9.17) is 10.5 Å². The van der Waals surface area contributed by atoms with Gasteiger partial charge in [0.05, 0.1) is 12.6 Å². The maximum atomic E-state index is 6.03. The zero-order valence-corrected chi connectivity index (χ0v) is 8.26. The molecule has 1 atom stereocenters. The van der Waals surface area contributed by atoms with Crippen LogP contribution in [0.2, 0.25) is 0 Å². The van der Waals surface area contributed by atoms with Crippen molar-refractivity contribution >= 4 is 0 Å². The minimum Gasteiger partial charge on any atom is -0.497 e. The van der Waals surface area contributed by atoms with Gasteiger partial charge in [-0.3, -0.25) is 0 Å². The van der Waals surface area contributed by atoms with Gasteiger partial charge in [0.1, 0.15) is 5.76 Å². The molecule has 1 aliphatic rings. The molecule has 2 nitrogen and oxygen atoms in total. The third-order valence-electron chi connectivity index (χ3n) is 2.20. The van der Waals surface area contributed by atoms with E-state index in [0.29, 0.717) is 0 Å². The lowest BCUT2D eigenvalue weighted by Gasteiger charge is -2.30. The molecular formula is C10H19NO. The molecular weight excluding hydrogens is 150 g/mol. The van der Waals surface area contributed by atoms with E-state index in [0.717, 1.165) is 25.2 Å². The highest BCUT2D eigenvalue weighted by atomic mass is 16.5. The topological polar surface area (TPSA) is 35.2 Å². The molecule has 0 spiro atoms. The largest absolute Gasteiger partial charge is 0.497 e. The highest BCUT2D eigenvalue weighted by Gasteiger charge is 2.26. The van der Waals surface area contributed by atoms with Crippen LogP contribution in [0, 0.1) is 5.41 Å². The van der Waals surface area contributed by atoms with Crippen LogP contribution in [0.15, 0.2) is 11.8 Å². The number of ether oxygens (including phenoxy) is 1. The summed E-state index contributed by atoms with van der Waals surface area (Å²) in [6.45, 7) is 7.24. The minimum absolute atomic E-state index is 0.0396. The zero-order valence-electron chi connectivity index (χ0n) is 8.26. The van der Waals surface area contributed by atoms with Crippen LogP contribution in [-0.2, 0) is 4.74 Å². The lowest BCUT2D eigenvalue weighted by atomic mass is 9.85. The van der Waals surface area contributed by atoms with E-state index >= 15 is 0 Å². The molecule has 0 aromatic heterocycles. The molecule has 1 unspecified atom stereocenters. The summed E-state index contributed by atoms with van der Waals surface area (Å²) >= 11 is 0. The van der Waals surface area contributed by atoms with Crippen molar-refractivity contribution < 1.29 is 4.74 Å².